The lowest BCUT2D eigenvalue weighted by Crippen LogP contribution is -2.32. The number of benzene rings is 1. The predicted octanol–water partition coefficient (Wildman–Crippen LogP) is 4.45. The lowest BCUT2D eigenvalue weighted by Gasteiger charge is -2.21. The van der Waals surface area contributed by atoms with Crippen molar-refractivity contribution in [1.82, 2.24) is 0 Å². The van der Waals surface area contributed by atoms with E-state index in [0.29, 0.717) is 0 Å². The van der Waals surface area contributed by atoms with Crippen LogP contribution in [0.4, 0.5) is 11.4 Å². The summed E-state index contributed by atoms with van der Waals surface area (Å²) in [5.74, 6) is 0. The Bertz CT molecular complexity index is 321. The molecule has 0 bridgehead atoms. The Kier molecular flexibility index (Phi) is 6.55. The molecule has 0 aliphatic carbocycles. The highest BCUT2D eigenvalue weighted by Gasteiger charge is 2.23. The van der Waals surface area contributed by atoms with E-state index in [1.165, 1.54) is 50.1 Å². The molecule has 3 heteroatoms. The molecule has 1 aliphatic heterocycles. The Morgan fingerprint density at radius 2 is 1.33 bits per heavy atom. The van der Waals surface area contributed by atoms with Crippen LogP contribution in [0.25, 0.3) is 0 Å². The summed E-state index contributed by atoms with van der Waals surface area (Å²) >= 11 is 0. The summed E-state index contributed by atoms with van der Waals surface area (Å²) in [6, 6.07) is 8.83. The zero-order valence-corrected chi connectivity index (χ0v) is 13.3. The van der Waals surface area contributed by atoms with Gasteiger partial charge in [0.1, 0.15) is 0 Å². The van der Waals surface area contributed by atoms with Crippen LogP contribution in [0.5, 0.6) is 0 Å². The number of rotatable bonds is 6. The molecule has 0 radical (unpaired) electrons. The van der Waals surface area contributed by atoms with Crippen LogP contribution >= 0.6 is 17.0 Å². The molecule has 0 N–H and O–H groups in total. The number of nitrogens with zero attached hydrogens (tertiary/aromatic N) is 2. The van der Waals surface area contributed by atoms with Crippen molar-refractivity contribution < 1.29 is 0 Å². The minimum atomic E-state index is 0. The number of para-hydroxylation sites is 2. The standard InChI is InChI=1S/C15H24N2.BrH/c1-3-5-11-16-13-17(12-6-4-2)15-10-8-7-9-14(15)16;/h7-10H,3-6,11-13H2,1-2H3;1H. The first kappa shape index (κ1) is 15.4. The third-order valence-electron chi connectivity index (χ3n) is 3.47. The van der Waals surface area contributed by atoms with Crippen molar-refractivity contribution >= 4 is 28.4 Å². The van der Waals surface area contributed by atoms with Crippen LogP contribution in [-0.4, -0.2) is 19.8 Å². The maximum Gasteiger partial charge on any atom is 0.0904 e. The minimum absolute atomic E-state index is 0. The summed E-state index contributed by atoms with van der Waals surface area (Å²) < 4.78 is 0. The zero-order valence-electron chi connectivity index (χ0n) is 11.6. The van der Waals surface area contributed by atoms with Gasteiger partial charge in [-0.1, -0.05) is 38.8 Å². The minimum Gasteiger partial charge on any atom is -0.352 e. The fourth-order valence-corrected chi connectivity index (χ4v) is 2.44. The molecule has 0 amide bonds. The second-order valence-electron chi connectivity index (χ2n) is 4.86. The molecule has 0 unspecified atom stereocenters. The van der Waals surface area contributed by atoms with Crippen molar-refractivity contribution in [3.8, 4) is 0 Å². The van der Waals surface area contributed by atoms with E-state index in [-0.39, 0.29) is 17.0 Å². The van der Waals surface area contributed by atoms with Gasteiger partial charge in [0.15, 0.2) is 0 Å². The number of anilines is 2. The molecule has 1 heterocycles. The topological polar surface area (TPSA) is 6.48 Å². The van der Waals surface area contributed by atoms with Crippen molar-refractivity contribution in [1.29, 1.82) is 0 Å². The van der Waals surface area contributed by atoms with Gasteiger partial charge in [0.05, 0.1) is 18.0 Å². The average molecular weight is 313 g/mol. The van der Waals surface area contributed by atoms with Gasteiger partial charge in [-0.25, -0.2) is 0 Å². The molecule has 2 rings (SSSR count). The van der Waals surface area contributed by atoms with Gasteiger partial charge in [0.2, 0.25) is 0 Å². The normalized spacial score (nSPS) is 13.4. The molecule has 18 heavy (non-hydrogen) atoms. The molecule has 1 aromatic rings. The van der Waals surface area contributed by atoms with Crippen LogP contribution in [0.1, 0.15) is 39.5 Å². The summed E-state index contributed by atoms with van der Waals surface area (Å²) in [4.78, 5) is 5.04. The van der Waals surface area contributed by atoms with Gasteiger partial charge in [-0.3, -0.25) is 0 Å². The number of hydrogen-bond acceptors (Lipinski definition) is 2. The molecule has 0 saturated carbocycles. The third-order valence-corrected chi connectivity index (χ3v) is 3.47. The maximum absolute atomic E-state index is 2.52. The molecule has 0 saturated heterocycles. The first-order valence-corrected chi connectivity index (χ1v) is 6.95. The Labute approximate surface area is 122 Å². The monoisotopic (exact) mass is 312 g/mol. The van der Waals surface area contributed by atoms with Crippen LogP contribution in [0.15, 0.2) is 24.3 Å². The van der Waals surface area contributed by atoms with Gasteiger partial charge in [-0.05, 0) is 25.0 Å². The van der Waals surface area contributed by atoms with Crippen LogP contribution in [-0.2, 0) is 0 Å². The van der Waals surface area contributed by atoms with Crippen LogP contribution < -0.4 is 9.80 Å². The van der Waals surface area contributed by atoms with E-state index in [2.05, 4.69) is 47.9 Å². The zero-order chi connectivity index (χ0) is 12.1. The van der Waals surface area contributed by atoms with Crippen molar-refractivity contribution in [3.05, 3.63) is 24.3 Å². The van der Waals surface area contributed by atoms with Crippen molar-refractivity contribution in [2.45, 2.75) is 39.5 Å². The molecule has 0 aromatic heterocycles. The number of hydrogen-bond donors (Lipinski definition) is 0. The van der Waals surface area contributed by atoms with E-state index in [9.17, 15) is 0 Å². The highest BCUT2D eigenvalue weighted by molar-refractivity contribution is 8.93. The number of unbranched alkanes of at least 4 members (excludes halogenated alkanes) is 2. The second kappa shape index (κ2) is 7.67. The molecular weight excluding hydrogens is 288 g/mol. The Morgan fingerprint density at radius 1 is 0.889 bits per heavy atom. The van der Waals surface area contributed by atoms with E-state index in [1.54, 1.807) is 0 Å². The summed E-state index contributed by atoms with van der Waals surface area (Å²) in [6.07, 6.45) is 5.12. The third kappa shape index (κ3) is 3.41. The Hall–Kier alpha value is -0.700. The van der Waals surface area contributed by atoms with Gasteiger partial charge < -0.3 is 9.80 Å². The molecule has 0 spiro atoms. The highest BCUT2D eigenvalue weighted by Crippen LogP contribution is 2.35. The van der Waals surface area contributed by atoms with Gasteiger partial charge in [-0.15, -0.1) is 17.0 Å². The van der Waals surface area contributed by atoms with E-state index in [1.807, 2.05) is 0 Å². The second-order valence-corrected chi connectivity index (χ2v) is 4.86. The van der Waals surface area contributed by atoms with Gasteiger partial charge in [0, 0.05) is 13.1 Å². The summed E-state index contributed by atoms with van der Waals surface area (Å²) in [7, 11) is 0. The van der Waals surface area contributed by atoms with Crippen molar-refractivity contribution in [2.24, 2.45) is 0 Å². The van der Waals surface area contributed by atoms with Crippen molar-refractivity contribution in [3.63, 3.8) is 0 Å². The van der Waals surface area contributed by atoms with E-state index < -0.39 is 0 Å². The lowest BCUT2D eigenvalue weighted by molar-refractivity contribution is 0.686. The predicted molar refractivity (Wildman–Crippen MR) is 86.1 cm³/mol. The van der Waals surface area contributed by atoms with Crippen LogP contribution in [0.3, 0.4) is 0 Å². The van der Waals surface area contributed by atoms with Crippen molar-refractivity contribution in [2.75, 3.05) is 29.6 Å². The SMILES string of the molecule is Br.CCCCN1CN(CCCC)c2ccccc21. The van der Waals surface area contributed by atoms with Crippen LogP contribution in [0, 0.1) is 0 Å². The van der Waals surface area contributed by atoms with Crippen LogP contribution in [0.2, 0.25) is 0 Å². The molecule has 1 aliphatic rings. The Morgan fingerprint density at radius 3 is 1.72 bits per heavy atom. The van der Waals surface area contributed by atoms with E-state index in [0.717, 1.165) is 6.67 Å². The number of fused-ring (bicyclic) bond motifs is 1. The summed E-state index contributed by atoms with van der Waals surface area (Å²) in [5.41, 5.74) is 2.86. The van der Waals surface area contributed by atoms with Gasteiger partial charge in [0.25, 0.3) is 0 Å². The van der Waals surface area contributed by atoms with Gasteiger partial charge >= 0.3 is 0 Å². The molecule has 1 aromatic carbocycles. The van der Waals surface area contributed by atoms with Gasteiger partial charge in [-0.2, -0.15) is 0 Å². The quantitative estimate of drug-likeness (QED) is 0.765. The first-order valence-electron chi connectivity index (χ1n) is 6.95. The summed E-state index contributed by atoms with van der Waals surface area (Å²) in [5, 5.41) is 0. The molecule has 0 atom stereocenters. The highest BCUT2D eigenvalue weighted by atomic mass is 79.9. The molecule has 2 nitrogen and oxygen atoms in total. The maximum atomic E-state index is 2.52. The lowest BCUT2D eigenvalue weighted by atomic mass is 10.2. The first-order chi connectivity index (χ1) is 8.36. The number of halogens is 1. The fourth-order valence-electron chi connectivity index (χ4n) is 2.44. The smallest absolute Gasteiger partial charge is 0.0904 e. The fraction of sp³-hybridized carbons (Fsp3) is 0.600. The molecule has 0 fully saturated rings. The average Bonchev–Trinajstić information content (AvgIpc) is 2.72. The van der Waals surface area contributed by atoms with E-state index >= 15 is 0 Å². The Balaban J connectivity index is 0.00000162. The summed E-state index contributed by atoms with van der Waals surface area (Å²) in [6.45, 7) is 7.99. The largest absolute Gasteiger partial charge is 0.352 e. The van der Waals surface area contributed by atoms with E-state index in [4.69, 9.17) is 0 Å². The molecular formula is C15H25BrN2. The molecule has 102 valence electrons.